The lowest BCUT2D eigenvalue weighted by molar-refractivity contribution is -0.115. The van der Waals surface area contributed by atoms with Crippen LogP contribution in [0.3, 0.4) is 0 Å². The van der Waals surface area contributed by atoms with E-state index in [1.54, 1.807) is 32.2 Å². The van der Waals surface area contributed by atoms with Gasteiger partial charge in [-0.3, -0.25) is 4.79 Å². The van der Waals surface area contributed by atoms with Crippen LogP contribution in [0.25, 0.3) is 0 Å². The third-order valence-corrected chi connectivity index (χ3v) is 1.97. The number of benzene rings is 1. The summed E-state index contributed by atoms with van der Waals surface area (Å²) >= 11 is 0. The van der Waals surface area contributed by atoms with E-state index in [1.165, 1.54) is 0 Å². The zero-order valence-corrected chi connectivity index (χ0v) is 8.91. The molecule has 0 aliphatic carbocycles. The van der Waals surface area contributed by atoms with Crippen LogP contribution in [-0.4, -0.2) is 18.1 Å². The van der Waals surface area contributed by atoms with Crippen molar-refractivity contribution < 1.29 is 14.6 Å². The Bertz CT molecular complexity index is 350. The molecule has 0 spiro atoms. The third kappa shape index (κ3) is 3.25. The van der Waals surface area contributed by atoms with E-state index in [-0.39, 0.29) is 11.7 Å². The predicted octanol–water partition coefficient (Wildman–Crippen LogP) is 1.89. The number of methoxy groups -OCH3 is 1. The van der Waals surface area contributed by atoms with E-state index in [1.807, 2.05) is 0 Å². The fourth-order valence-corrected chi connectivity index (χ4v) is 1.18. The first-order chi connectivity index (χ1) is 7.17. The Morgan fingerprint density at radius 1 is 1.53 bits per heavy atom. The second-order valence-electron chi connectivity index (χ2n) is 3.19. The van der Waals surface area contributed by atoms with Crippen molar-refractivity contribution >= 4 is 11.6 Å². The van der Waals surface area contributed by atoms with Crippen LogP contribution < -0.4 is 5.32 Å². The number of nitrogens with one attached hydrogen (secondary N) is 1. The number of hydrogen-bond donors (Lipinski definition) is 2. The summed E-state index contributed by atoms with van der Waals surface area (Å²) in [5.74, 6) is -0.0588. The summed E-state index contributed by atoms with van der Waals surface area (Å²) in [6.45, 7) is 2.21. The molecule has 1 aromatic carbocycles. The maximum Gasteiger partial charge on any atom is 0.224 e. The highest BCUT2D eigenvalue weighted by Gasteiger charge is 2.05. The van der Waals surface area contributed by atoms with Crippen LogP contribution in [0, 0.1) is 0 Å². The summed E-state index contributed by atoms with van der Waals surface area (Å²) < 4.78 is 4.96. The van der Waals surface area contributed by atoms with Crippen molar-refractivity contribution in [1.82, 2.24) is 0 Å². The average Bonchev–Trinajstić information content (AvgIpc) is 2.23. The number of aromatic hydroxyl groups is 1. The number of carbonyl (C=O) groups excluding carboxylic acids is 1. The highest BCUT2D eigenvalue weighted by atomic mass is 16.5. The number of hydrogen-bond acceptors (Lipinski definition) is 3. The molecular weight excluding hydrogens is 194 g/mol. The molecule has 4 heteroatoms. The first-order valence-corrected chi connectivity index (χ1v) is 4.78. The minimum atomic E-state index is -0.125. The van der Waals surface area contributed by atoms with Gasteiger partial charge >= 0.3 is 0 Å². The molecule has 0 aliphatic rings. The van der Waals surface area contributed by atoms with Gasteiger partial charge in [-0.05, 0) is 17.7 Å². The molecule has 0 saturated heterocycles. The summed E-state index contributed by atoms with van der Waals surface area (Å²) in [5, 5.41) is 12.1. The van der Waals surface area contributed by atoms with Gasteiger partial charge in [0.2, 0.25) is 5.91 Å². The Hall–Kier alpha value is -1.55. The molecule has 15 heavy (non-hydrogen) atoms. The van der Waals surface area contributed by atoms with Gasteiger partial charge < -0.3 is 15.2 Å². The first kappa shape index (κ1) is 11.5. The van der Waals surface area contributed by atoms with Gasteiger partial charge in [0, 0.05) is 13.5 Å². The van der Waals surface area contributed by atoms with E-state index in [0.29, 0.717) is 18.7 Å². The molecular formula is C11H15NO3. The van der Waals surface area contributed by atoms with E-state index in [0.717, 1.165) is 5.56 Å². The molecule has 1 amide bonds. The number of carbonyl (C=O) groups is 1. The standard InChI is InChI=1S/C11H15NO3/c1-3-11(14)12-9-6-8(7-15-2)4-5-10(9)13/h4-6,13H,3,7H2,1-2H3,(H,12,14). The Kier molecular flexibility index (Phi) is 4.12. The van der Waals surface area contributed by atoms with Gasteiger partial charge in [0.1, 0.15) is 5.75 Å². The number of ether oxygens (including phenoxy) is 1. The fraction of sp³-hybridized carbons (Fsp3) is 0.364. The van der Waals surface area contributed by atoms with Gasteiger partial charge in [-0.15, -0.1) is 0 Å². The molecule has 0 saturated carbocycles. The molecule has 0 heterocycles. The summed E-state index contributed by atoms with van der Waals surface area (Å²) in [4.78, 5) is 11.1. The molecule has 0 fully saturated rings. The average molecular weight is 209 g/mol. The van der Waals surface area contributed by atoms with Crippen molar-refractivity contribution in [2.24, 2.45) is 0 Å². The Morgan fingerprint density at radius 3 is 2.87 bits per heavy atom. The molecule has 0 radical (unpaired) electrons. The van der Waals surface area contributed by atoms with Gasteiger partial charge in [0.05, 0.1) is 12.3 Å². The molecule has 0 aliphatic heterocycles. The van der Waals surface area contributed by atoms with Crippen LogP contribution in [-0.2, 0) is 16.1 Å². The lowest BCUT2D eigenvalue weighted by Gasteiger charge is -2.08. The van der Waals surface area contributed by atoms with Crippen LogP contribution >= 0.6 is 0 Å². The first-order valence-electron chi connectivity index (χ1n) is 4.78. The minimum absolute atomic E-state index is 0.0663. The highest BCUT2D eigenvalue weighted by Crippen LogP contribution is 2.24. The number of phenolic OH excluding ortho intramolecular Hbond substituents is 1. The van der Waals surface area contributed by atoms with E-state index < -0.39 is 0 Å². The maximum absolute atomic E-state index is 11.1. The maximum atomic E-state index is 11.1. The van der Waals surface area contributed by atoms with Crippen molar-refractivity contribution in [3.05, 3.63) is 23.8 Å². The van der Waals surface area contributed by atoms with E-state index >= 15 is 0 Å². The quantitative estimate of drug-likeness (QED) is 0.744. The molecule has 2 N–H and O–H groups in total. The predicted molar refractivity (Wildman–Crippen MR) is 57.7 cm³/mol. The molecule has 0 atom stereocenters. The third-order valence-electron chi connectivity index (χ3n) is 1.97. The number of rotatable bonds is 4. The fourth-order valence-electron chi connectivity index (χ4n) is 1.18. The van der Waals surface area contributed by atoms with Crippen LogP contribution in [0.5, 0.6) is 5.75 Å². The largest absolute Gasteiger partial charge is 0.506 e. The number of phenols is 1. The summed E-state index contributed by atoms with van der Waals surface area (Å²) in [5.41, 5.74) is 1.33. The SMILES string of the molecule is CCC(=O)Nc1cc(COC)ccc1O. The zero-order chi connectivity index (χ0) is 11.3. The van der Waals surface area contributed by atoms with Crippen molar-refractivity contribution in [2.75, 3.05) is 12.4 Å². The molecule has 0 bridgehead atoms. The monoisotopic (exact) mass is 209 g/mol. The van der Waals surface area contributed by atoms with Gasteiger partial charge in [0.15, 0.2) is 0 Å². The second-order valence-corrected chi connectivity index (χ2v) is 3.19. The summed E-state index contributed by atoms with van der Waals surface area (Å²) in [7, 11) is 1.59. The highest BCUT2D eigenvalue weighted by molar-refractivity contribution is 5.92. The number of amides is 1. The molecule has 82 valence electrons. The van der Waals surface area contributed by atoms with Gasteiger partial charge in [-0.1, -0.05) is 13.0 Å². The Balaban J connectivity index is 2.85. The summed E-state index contributed by atoms with van der Waals surface area (Å²) in [6, 6.07) is 4.99. The molecule has 0 unspecified atom stereocenters. The van der Waals surface area contributed by atoms with Crippen LogP contribution in [0.15, 0.2) is 18.2 Å². The van der Waals surface area contributed by atoms with E-state index in [4.69, 9.17) is 4.74 Å². The van der Waals surface area contributed by atoms with E-state index in [2.05, 4.69) is 5.32 Å². The molecule has 4 nitrogen and oxygen atoms in total. The Labute approximate surface area is 88.9 Å². The second kappa shape index (κ2) is 5.36. The normalized spacial score (nSPS) is 10.0. The lowest BCUT2D eigenvalue weighted by Crippen LogP contribution is -2.09. The van der Waals surface area contributed by atoms with Crippen LogP contribution in [0.2, 0.25) is 0 Å². The molecule has 1 aromatic rings. The zero-order valence-electron chi connectivity index (χ0n) is 8.91. The topological polar surface area (TPSA) is 58.6 Å². The van der Waals surface area contributed by atoms with Crippen LogP contribution in [0.1, 0.15) is 18.9 Å². The minimum Gasteiger partial charge on any atom is -0.506 e. The lowest BCUT2D eigenvalue weighted by atomic mass is 10.2. The smallest absolute Gasteiger partial charge is 0.224 e. The number of anilines is 1. The van der Waals surface area contributed by atoms with Gasteiger partial charge in [-0.25, -0.2) is 0 Å². The van der Waals surface area contributed by atoms with Gasteiger partial charge in [0.25, 0.3) is 0 Å². The van der Waals surface area contributed by atoms with Crippen molar-refractivity contribution in [3.8, 4) is 5.75 Å². The van der Waals surface area contributed by atoms with Gasteiger partial charge in [-0.2, -0.15) is 0 Å². The van der Waals surface area contributed by atoms with Crippen molar-refractivity contribution in [1.29, 1.82) is 0 Å². The van der Waals surface area contributed by atoms with Crippen molar-refractivity contribution in [3.63, 3.8) is 0 Å². The molecule has 0 aromatic heterocycles. The summed E-state index contributed by atoms with van der Waals surface area (Å²) in [6.07, 6.45) is 0.383. The Morgan fingerprint density at radius 2 is 2.27 bits per heavy atom. The van der Waals surface area contributed by atoms with Crippen molar-refractivity contribution in [2.45, 2.75) is 20.0 Å². The van der Waals surface area contributed by atoms with E-state index in [9.17, 15) is 9.90 Å². The molecule has 1 rings (SSSR count). The van der Waals surface area contributed by atoms with Crippen LogP contribution in [0.4, 0.5) is 5.69 Å².